The first-order valence-corrected chi connectivity index (χ1v) is 7.18. The average Bonchev–Trinajstić information content (AvgIpc) is 2.83. The van der Waals surface area contributed by atoms with E-state index in [1.807, 2.05) is 4.98 Å². The third-order valence-corrected chi connectivity index (χ3v) is 4.12. The monoisotopic (exact) mass is 306 g/mol. The molecule has 10 nitrogen and oxygen atoms in total. The first-order valence-electron chi connectivity index (χ1n) is 5.69. The number of nitrogens with zero attached hydrogens (tertiary/aromatic N) is 1. The summed E-state index contributed by atoms with van der Waals surface area (Å²) in [5.41, 5.74) is -1.35. The van der Waals surface area contributed by atoms with Crippen LogP contribution in [0.1, 0.15) is 6.23 Å². The van der Waals surface area contributed by atoms with Gasteiger partial charge in [-0.3, -0.25) is 23.4 Å². The second-order valence-corrected chi connectivity index (χ2v) is 5.73. The number of phosphoric acid groups is 1. The molecule has 2 saturated heterocycles. The summed E-state index contributed by atoms with van der Waals surface area (Å²) in [5.74, 6) is 0. The van der Waals surface area contributed by atoms with Gasteiger partial charge in [-0.2, -0.15) is 0 Å². The highest BCUT2D eigenvalue weighted by Crippen LogP contribution is 2.58. The van der Waals surface area contributed by atoms with Crippen molar-refractivity contribution in [3.05, 3.63) is 33.1 Å². The van der Waals surface area contributed by atoms with Crippen LogP contribution in [0.15, 0.2) is 21.9 Å². The Balaban J connectivity index is 2.00. The first kappa shape index (κ1) is 13.7. The molecule has 0 saturated carbocycles. The molecule has 2 fully saturated rings. The molecule has 110 valence electrons. The first-order chi connectivity index (χ1) is 9.41. The van der Waals surface area contributed by atoms with Crippen LogP contribution < -0.4 is 11.2 Å². The zero-order valence-corrected chi connectivity index (χ0v) is 10.8. The van der Waals surface area contributed by atoms with Crippen molar-refractivity contribution >= 4 is 7.82 Å². The Labute approximate surface area is 111 Å². The molecule has 0 aromatic carbocycles. The van der Waals surface area contributed by atoms with Crippen LogP contribution in [0.5, 0.6) is 0 Å². The third-order valence-electron chi connectivity index (χ3n) is 3.10. The molecule has 0 spiro atoms. The highest BCUT2D eigenvalue weighted by Gasteiger charge is 2.57. The number of ether oxygens (including phenoxy) is 1. The number of rotatable bonds is 2. The van der Waals surface area contributed by atoms with Crippen molar-refractivity contribution in [3.8, 4) is 0 Å². The normalized spacial score (nSPS) is 39.9. The summed E-state index contributed by atoms with van der Waals surface area (Å²) in [6.45, 7) is -0.473. The van der Waals surface area contributed by atoms with Gasteiger partial charge >= 0.3 is 13.5 Å². The smallest absolute Gasteiger partial charge is 0.394 e. The molecule has 20 heavy (non-hydrogen) atoms. The van der Waals surface area contributed by atoms with E-state index >= 15 is 0 Å². The van der Waals surface area contributed by atoms with E-state index in [-0.39, 0.29) is 0 Å². The molecule has 0 bridgehead atoms. The zero-order chi connectivity index (χ0) is 14.5. The minimum absolute atomic E-state index is 0.473. The number of aliphatic hydroxyl groups is 1. The van der Waals surface area contributed by atoms with Crippen molar-refractivity contribution < 1.29 is 28.3 Å². The Bertz CT molecular complexity index is 683. The highest BCUT2D eigenvalue weighted by atomic mass is 31.2. The fraction of sp³-hybridized carbons (Fsp3) is 0.556. The summed E-state index contributed by atoms with van der Waals surface area (Å²) in [5, 5.41) is 9.18. The standard InChI is InChI=1S/C9H11N2O8P/c12-3-4-6-7(19-20(15,16)18-6)8(17-4)11-2-1-5(13)10-9(11)14/h1-2,4,6-8,12H,3H2,(H,15,16)(H,10,13,14)/t4-,6+,7-,8-/m0/s1. The van der Waals surface area contributed by atoms with Crippen molar-refractivity contribution in [1.29, 1.82) is 0 Å². The Kier molecular flexibility index (Phi) is 3.16. The number of aliphatic hydroxyl groups excluding tert-OH is 1. The van der Waals surface area contributed by atoms with E-state index in [2.05, 4.69) is 0 Å². The van der Waals surface area contributed by atoms with Crippen molar-refractivity contribution in [2.75, 3.05) is 6.61 Å². The second-order valence-electron chi connectivity index (χ2n) is 4.37. The number of nitrogens with one attached hydrogen (secondary N) is 1. The summed E-state index contributed by atoms with van der Waals surface area (Å²) < 4.78 is 27.5. The van der Waals surface area contributed by atoms with Gasteiger partial charge in [0.2, 0.25) is 0 Å². The average molecular weight is 306 g/mol. The van der Waals surface area contributed by atoms with Gasteiger partial charge in [0.05, 0.1) is 6.61 Å². The third kappa shape index (κ3) is 2.16. The number of phosphoric ester groups is 1. The van der Waals surface area contributed by atoms with E-state index in [4.69, 9.17) is 13.8 Å². The minimum Gasteiger partial charge on any atom is -0.394 e. The molecule has 0 amide bonds. The van der Waals surface area contributed by atoms with Crippen LogP contribution in [0.2, 0.25) is 0 Å². The lowest BCUT2D eigenvalue weighted by molar-refractivity contribution is -0.0624. The SMILES string of the molecule is O=c1ccn([C@H]2O[C@@H](CO)[C@H]3OP(=O)(O)O[C@@H]32)c(=O)[nH]1. The van der Waals surface area contributed by atoms with Crippen LogP contribution in [0, 0.1) is 0 Å². The Morgan fingerprint density at radius 2 is 2.05 bits per heavy atom. The topological polar surface area (TPSA) is 140 Å². The van der Waals surface area contributed by atoms with Gasteiger partial charge in [-0.1, -0.05) is 0 Å². The molecule has 0 aliphatic carbocycles. The van der Waals surface area contributed by atoms with Gasteiger partial charge in [0.15, 0.2) is 6.23 Å². The maximum absolute atomic E-state index is 11.7. The zero-order valence-electron chi connectivity index (χ0n) is 9.91. The molecule has 3 N–H and O–H groups in total. The molecular weight excluding hydrogens is 295 g/mol. The maximum Gasteiger partial charge on any atom is 0.473 e. The molecule has 0 radical (unpaired) electrons. The molecule has 1 aromatic rings. The molecule has 5 atom stereocenters. The summed E-state index contributed by atoms with van der Waals surface area (Å²) >= 11 is 0. The fourth-order valence-electron chi connectivity index (χ4n) is 2.28. The van der Waals surface area contributed by atoms with Crippen molar-refractivity contribution in [1.82, 2.24) is 9.55 Å². The Morgan fingerprint density at radius 3 is 2.70 bits per heavy atom. The Morgan fingerprint density at radius 1 is 1.35 bits per heavy atom. The van der Waals surface area contributed by atoms with Crippen LogP contribution in [0.4, 0.5) is 0 Å². The summed E-state index contributed by atoms with van der Waals surface area (Å²) in [4.78, 5) is 34.1. The van der Waals surface area contributed by atoms with Gasteiger partial charge in [0, 0.05) is 12.3 Å². The van der Waals surface area contributed by atoms with E-state index in [1.54, 1.807) is 0 Å². The van der Waals surface area contributed by atoms with Crippen LogP contribution in [-0.4, -0.2) is 44.5 Å². The van der Waals surface area contributed by atoms with Gasteiger partial charge < -0.3 is 14.7 Å². The van der Waals surface area contributed by atoms with Gasteiger partial charge in [0.25, 0.3) is 5.56 Å². The van der Waals surface area contributed by atoms with Gasteiger partial charge in [0.1, 0.15) is 18.3 Å². The van der Waals surface area contributed by atoms with Gasteiger partial charge in [-0.05, 0) is 0 Å². The van der Waals surface area contributed by atoms with Crippen molar-refractivity contribution in [2.45, 2.75) is 24.5 Å². The predicted octanol–water partition coefficient (Wildman–Crippen LogP) is -1.69. The van der Waals surface area contributed by atoms with Crippen LogP contribution in [0.25, 0.3) is 0 Å². The van der Waals surface area contributed by atoms with Gasteiger partial charge in [-0.15, -0.1) is 0 Å². The minimum atomic E-state index is -4.23. The molecule has 3 heterocycles. The van der Waals surface area contributed by atoms with Crippen molar-refractivity contribution in [3.63, 3.8) is 0 Å². The number of aromatic amines is 1. The molecule has 1 unspecified atom stereocenters. The lowest BCUT2D eigenvalue weighted by Crippen LogP contribution is -2.36. The summed E-state index contributed by atoms with van der Waals surface area (Å²) in [6.07, 6.45) is -2.82. The molecular formula is C9H11N2O8P. The molecule has 2 aliphatic heterocycles. The molecule has 1 aromatic heterocycles. The predicted molar refractivity (Wildman–Crippen MR) is 61.9 cm³/mol. The number of hydrogen-bond acceptors (Lipinski definition) is 7. The number of H-pyrrole nitrogens is 1. The van der Waals surface area contributed by atoms with Gasteiger partial charge in [-0.25, -0.2) is 9.36 Å². The van der Waals surface area contributed by atoms with Crippen LogP contribution in [-0.2, 0) is 18.3 Å². The summed E-state index contributed by atoms with van der Waals surface area (Å²) in [6, 6.07) is 1.10. The largest absolute Gasteiger partial charge is 0.473 e. The number of fused-ring (bicyclic) bond motifs is 1. The summed E-state index contributed by atoms with van der Waals surface area (Å²) in [7, 11) is -4.23. The quantitative estimate of drug-likeness (QED) is 0.550. The number of hydrogen-bond donors (Lipinski definition) is 3. The van der Waals surface area contributed by atoms with Crippen molar-refractivity contribution in [2.24, 2.45) is 0 Å². The highest BCUT2D eigenvalue weighted by molar-refractivity contribution is 7.47. The lowest BCUT2D eigenvalue weighted by atomic mass is 10.1. The van der Waals surface area contributed by atoms with Crippen LogP contribution >= 0.6 is 7.82 Å². The van der Waals surface area contributed by atoms with E-state index in [0.717, 1.165) is 10.6 Å². The fourth-order valence-corrected chi connectivity index (χ4v) is 3.42. The van der Waals surface area contributed by atoms with E-state index in [9.17, 15) is 24.2 Å². The lowest BCUT2D eigenvalue weighted by Gasteiger charge is -2.18. The maximum atomic E-state index is 11.7. The second kappa shape index (κ2) is 4.62. The molecule has 11 heteroatoms. The molecule has 3 rings (SSSR count). The van der Waals surface area contributed by atoms with Crippen LogP contribution in [0.3, 0.4) is 0 Å². The number of aromatic nitrogens is 2. The van der Waals surface area contributed by atoms with E-state index in [1.165, 1.54) is 6.20 Å². The van der Waals surface area contributed by atoms with E-state index in [0.29, 0.717) is 0 Å². The Hall–Kier alpha value is -1.29. The molecule has 2 aliphatic rings. The van der Waals surface area contributed by atoms with E-state index < -0.39 is 50.2 Å².